The first-order chi connectivity index (χ1) is 62.9. The van der Waals surface area contributed by atoms with E-state index in [1.165, 1.54) is 18.7 Å². The maximum atomic E-state index is 13.6. The van der Waals surface area contributed by atoms with Crippen molar-refractivity contribution >= 4 is 132 Å². The van der Waals surface area contributed by atoms with Gasteiger partial charge >= 0.3 is 114 Å². The molecule has 0 fully saturated rings. The third-order valence-corrected chi connectivity index (χ3v) is 19.0. The number of urea groups is 5. The molecule has 0 aliphatic rings. The number of oxime groups is 1. The number of hydrogen-bond acceptors (Lipinski definition) is 33. The molecule has 740 valence electrons. The Hall–Kier alpha value is -12.3. The minimum absolute atomic E-state index is 0.00818. The topological polar surface area (TPSA) is 576 Å². The summed E-state index contributed by atoms with van der Waals surface area (Å²) in [7, 11) is 0. The van der Waals surface area contributed by atoms with Crippen molar-refractivity contribution < 1.29 is 158 Å². The Morgan fingerprint density at radius 3 is 0.870 bits per heavy atom. The maximum Gasteiger partial charge on any atom is 0.433 e. The highest BCUT2D eigenvalue weighted by atomic mass is 32.2. The number of amides is 16. The van der Waals surface area contributed by atoms with Gasteiger partial charge in [-0.3, -0.25) is 24.0 Å². The second kappa shape index (κ2) is 78.7. The van der Waals surface area contributed by atoms with E-state index in [4.69, 9.17) is 67.2 Å². The Morgan fingerprint density at radius 1 is 0.328 bits per heavy atom. The van der Waals surface area contributed by atoms with Gasteiger partial charge < -0.3 is 94.2 Å². The molecule has 0 bridgehead atoms. The van der Waals surface area contributed by atoms with Crippen molar-refractivity contribution in [1.82, 2.24) is 56.4 Å². The summed E-state index contributed by atoms with van der Waals surface area (Å²) in [6.07, 6.45) is 9.07. The molecule has 0 radical (unpaired) electrons. The molecular formula is C85H136N12O33S. The molecule has 0 saturated heterocycles. The average Bonchev–Trinajstić information content (AvgIpc) is 0.915. The van der Waals surface area contributed by atoms with Gasteiger partial charge in [0.25, 0.3) is 0 Å². The lowest BCUT2D eigenvalue weighted by Gasteiger charge is -2.22. The monoisotopic (exact) mass is 1880 g/mol. The fourth-order valence-corrected chi connectivity index (χ4v) is 11.8. The number of thioether (sulfide) groups is 1. The van der Waals surface area contributed by atoms with Gasteiger partial charge in [0, 0.05) is 114 Å². The lowest BCUT2D eigenvalue weighted by Crippen LogP contribution is -2.45. The highest BCUT2D eigenvalue weighted by Crippen LogP contribution is 2.15. The van der Waals surface area contributed by atoms with E-state index in [0.29, 0.717) is 178 Å². The van der Waals surface area contributed by atoms with Crippen LogP contribution in [0, 0.1) is 0 Å². The van der Waals surface area contributed by atoms with E-state index in [-0.39, 0.29) is 157 Å². The summed E-state index contributed by atoms with van der Waals surface area (Å²) >= 11 is 1.26. The van der Waals surface area contributed by atoms with Crippen LogP contribution in [0.1, 0.15) is 213 Å². The quantitative estimate of drug-likeness (QED) is 0.00533. The molecule has 0 aromatic carbocycles. The zero-order valence-electron chi connectivity index (χ0n) is 75.8. The number of nitrogens with zero attached hydrogens (tertiary/aromatic N) is 6. The van der Waals surface area contributed by atoms with Crippen LogP contribution < -0.4 is 31.9 Å². The molecule has 46 heteroatoms. The third-order valence-electron chi connectivity index (χ3n) is 18.0. The fraction of sp³-hybridized carbons (Fsp3) is 0.671. The highest BCUT2D eigenvalue weighted by molar-refractivity contribution is 7.99. The van der Waals surface area contributed by atoms with Crippen molar-refractivity contribution in [2.75, 3.05) is 150 Å². The summed E-state index contributed by atoms with van der Waals surface area (Å²) in [5.74, 6) is -5.55. The SMILES string of the molecule is C=CC(=O)OCCOC(=O)N(CCCCCCNC(=O)O/N=C(\C)CC)C(=O)NCCCCCCN(C(=O)NCCCCCCN(C(=O)NCCCCCCN(C(=O)NCCCCCCN(C(=O)NCCCCCCCC(=O)OC(C)CC(=O)O)C(=O)OCCOC(=O)CCSCCC(=O)O)C(=O)OCCOC(=O)C=C)C(=O)OCCOC(=O)C=C)C(=O)OCCOC(=O)C=C. The van der Waals surface area contributed by atoms with Crippen LogP contribution in [0.5, 0.6) is 0 Å². The first kappa shape index (κ1) is 119. The molecule has 0 saturated carbocycles. The van der Waals surface area contributed by atoms with Crippen LogP contribution in [0.3, 0.4) is 0 Å². The standard InChI is InChI=1S/C85H136N12O33S/c1-8-65(6)92-130-80(113)91-46-32-20-25-37-51-96(84(117)127-60-55-122-72(105)12-5)79(112)90-45-30-18-23-35-49-94(82(115)125-58-53-120-70(103)10-3)77(110)88-43-28-16-21-33-47-93(81(114)124-57-52-119-69(102)9-2)76(109)87-42-29-17-22-34-48-95(83(116)126-59-54-121-71(104)11-4)78(111)89-44-31-19-24-36-50-97(85(118)128-61-56-123-73(106)40-63-131-62-39-67(98)99)75(108)86-41-27-15-13-14-26-38-74(107)129-66(7)64-68(100)101/h9-12,66H,2-5,8,13-64H2,1,6-7H3,(H,86,108)(H,87,109)(H,88,110)(H,89,111)(H,90,112)(H,91,113)(H,98,99)(H,100,101)/b92-65+. The molecule has 16 amide bonds. The Morgan fingerprint density at radius 2 is 0.588 bits per heavy atom. The molecule has 0 aromatic heterocycles. The molecule has 0 rings (SSSR count). The van der Waals surface area contributed by atoms with E-state index >= 15 is 0 Å². The second-order valence-electron chi connectivity index (χ2n) is 28.7. The van der Waals surface area contributed by atoms with Gasteiger partial charge in [-0.2, -0.15) is 11.8 Å². The number of hydrogen-bond donors (Lipinski definition) is 8. The average molecular weight is 1890 g/mol. The van der Waals surface area contributed by atoms with E-state index < -0.39 is 134 Å². The van der Waals surface area contributed by atoms with Gasteiger partial charge in [-0.1, -0.05) is 122 Å². The van der Waals surface area contributed by atoms with Crippen LogP contribution in [-0.4, -0.2) is 311 Å². The molecule has 131 heavy (non-hydrogen) atoms. The lowest BCUT2D eigenvalue weighted by molar-refractivity contribution is -0.152. The van der Waals surface area contributed by atoms with Gasteiger partial charge in [0.05, 0.1) is 25.0 Å². The Labute approximate surface area is 768 Å². The van der Waals surface area contributed by atoms with E-state index in [1.807, 2.05) is 6.92 Å². The number of unbranched alkanes of at least 4 members (excludes halogenated alkanes) is 19. The molecule has 0 spiro atoms. The molecular weight excluding hydrogens is 1750 g/mol. The number of rotatable bonds is 73. The summed E-state index contributed by atoms with van der Waals surface area (Å²) in [5, 5.41) is 37.5. The smallest absolute Gasteiger partial charge is 0.433 e. The highest BCUT2D eigenvalue weighted by Gasteiger charge is 2.29. The number of aliphatic carboxylic acids is 2. The van der Waals surface area contributed by atoms with E-state index in [2.05, 4.69) is 63.4 Å². The van der Waals surface area contributed by atoms with E-state index in [1.54, 1.807) is 6.92 Å². The van der Waals surface area contributed by atoms with E-state index in [0.717, 1.165) is 48.8 Å². The number of carboxylic acid groups (broad SMARTS) is 2. The van der Waals surface area contributed by atoms with Gasteiger partial charge in [-0.25, -0.2) is 96.4 Å². The minimum atomic E-state index is -1.08. The van der Waals surface area contributed by atoms with Crippen molar-refractivity contribution in [3.8, 4) is 0 Å². The first-order valence-electron chi connectivity index (χ1n) is 44.1. The van der Waals surface area contributed by atoms with Crippen LogP contribution in [0.15, 0.2) is 55.8 Å². The van der Waals surface area contributed by atoms with E-state index in [9.17, 15) is 91.1 Å². The Bertz CT molecular complexity index is 3570. The predicted octanol–water partition coefficient (Wildman–Crippen LogP) is 10.8. The Balaban J connectivity index is 5.76. The summed E-state index contributed by atoms with van der Waals surface area (Å²) in [6, 6.07) is -3.89. The summed E-state index contributed by atoms with van der Waals surface area (Å²) < 4.78 is 55.9. The summed E-state index contributed by atoms with van der Waals surface area (Å²) in [4.78, 5) is 247. The molecule has 0 aliphatic heterocycles. The second-order valence-corrected chi connectivity index (χ2v) is 29.9. The van der Waals surface area contributed by atoms with Crippen LogP contribution in [0.2, 0.25) is 0 Å². The maximum absolute atomic E-state index is 13.6. The van der Waals surface area contributed by atoms with Gasteiger partial charge in [0.2, 0.25) is 0 Å². The molecule has 8 N–H and O–H groups in total. The number of carboxylic acids is 2. The van der Waals surface area contributed by atoms with Crippen molar-refractivity contribution in [3.05, 3.63) is 50.6 Å². The number of esters is 6. The molecule has 0 aromatic rings. The number of ether oxygens (including phenoxy) is 11. The molecule has 0 heterocycles. The number of carbonyl (C=O) groups excluding carboxylic acids is 17. The van der Waals surface area contributed by atoms with Crippen LogP contribution in [0.25, 0.3) is 0 Å². The van der Waals surface area contributed by atoms with Crippen molar-refractivity contribution in [1.29, 1.82) is 0 Å². The van der Waals surface area contributed by atoms with Crippen LogP contribution in [-0.2, 0) is 95.3 Å². The number of nitrogens with one attached hydrogen (secondary N) is 6. The largest absolute Gasteiger partial charge is 0.481 e. The minimum Gasteiger partial charge on any atom is -0.481 e. The molecule has 45 nitrogen and oxygen atoms in total. The zero-order valence-corrected chi connectivity index (χ0v) is 76.6. The van der Waals surface area contributed by atoms with Gasteiger partial charge in [0.1, 0.15) is 72.2 Å². The van der Waals surface area contributed by atoms with Gasteiger partial charge in [-0.05, 0) is 97.3 Å². The molecule has 1 unspecified atom stereocenters. The van der Waals surface area contributed by atoms with Gasteiger partial charge in [-0.15, -0.1) is 0 Å². The normalized spacial score (nSPS) is 10.8. The van der Waals surface area contributed by atoms with Crippen molar-refractivity contribution in [2.24, 2.45) is 5.16 Å². The third kappa shape index (κ3) is 65.8. The number of imide groups is 5. The fourth-order valence-electron chi connectivity index (χ4n) is 11.0. The molecule has 0 aliphatic carbocycles. The summed E-state index contributed by atoms with van der Waals surface area (Å²) in [5.41, 5.74) is 0.649. The summed E-state index contributed by atoms with van der Waals surface area (Å²) in [6.45, 7) is 15.2. The molecule has 1 atom stereocenters. The first-order valence-corrected chi connectivity index (χ1v) is 45.2. The predicted molar refractivity (Wildman–Crippen MR) is 473 cm³/mol. The lowest BCUT2D eigenvalue weighted by atomic mass is 10.1. The van der Waals surface area contributed by atoms with Crippen molar-refractivity contribution in [2.45, 2.75) is 219 Å². The number of carbonyl (C=O) groups is 19. The Kier molecular flexibility index (Phi) is 71.3. The van der Waals surface area contributed by atoms with Crippen LogP contribution >= 0.6 is 11.8 Å². The van der Waals surface area contributed by atoms with Crippen LogP contribution in [0.4, 0.5) is 52.7 Å². The van der Waals surface area contributed by atoms with Gasteiger partial charge in [0.15, 0.2) is 0 Å². The van der Waals surface area contributed by atoms with Crippen molar-refractivity contribution in [3.63, 3.8) is 0 Å². The zero-order chi connectivity index (χ0) is 97.5.